The van der Waals surface area contributed by atoms with E-state index >= 15 is 0 Å². The summed E-state index contributed by atoms with van der Waals surface area (Å²) in [5.74, 6) is -0.615. The van der Waals surface area contributed by atoms with Crippen LogP contribution in [0.3, 0.4) is 0 Å². The summed E-state index contributed by atoms with van der Waals surface area (Å²) < 4.78 is 36.6. The smallest absolute Gasteiger partial charge is 0.351 e. The van der Waals surface area contributed by atoms with Crippen molar-refractivity contribution < 1.29 is 18.0 Å². The Morgan fingerprint density at radius 3 is 2.82 bits per heavy atom. The zero-order valence-corrected chi connectivity index (χ0v) is 9.44. The van der Waals surface area contributed by atoms with E-state index in [1.54, 1.807) is 0 Å². The van der Waals surface area contributed by atoms with Gasteiger partial charge in [-0.1, -0.05) is 0 Å². The van der Waals surface area contributed by atoms with Crippen molar-refractivity contribution in [3.8, 4) is 0 Å². The van der Waals surface area contributed by atoms with Gasteiger partial charge in [0.05, 0.1) is 5.56 Å². The van der Waals surface area contributed by atoms with Crippen molar-refractivity contribution in [2.45, 2.75) is 10.5 Å². The number of hydrogen-bond donors (Lipinski definition) is 2. The highest BCUT2D eigenvalue weighted by Crippen LogP contribution is 2.37. The van der Waals surface area contributed by atoms with Gasteiger partial charge in [0.2, 0.25) is 0 Å². The summed E-state index contributed by atoms with van der Waals surface area (Å²) in [5, 5.41) is 2.02. The van der Waals surface area contributed by atoms with Gasteiger partial charge >= 0.3 is 5.51 Å². The highest BCUT2D eigenvalue weighted by atomic mass is 32.2. The van der Waals surface area contributed by atoms with E-state index in [-0.39, 0.29) is 23.7 Å². The molecule has 4 nitrogen and oxygen atoms in total. The van der Waals surface area contributed by atoms with Gasteiger partial charge in [0.15, 0.2) is 0 Å². The highest BCUT2D eigenvalue weighted by molar-refractivity contribution is 8.00. The van der Waals surface area contributed by atoms with Crippen molar-refractivity contribution >= 4 is 17.7 Å². The second-order valence-electron chi connectivity index (χ2n) is 2.95. The largest absolute Gasteiger partial charge is 0.447 e. The molecule has 17 heavy (non-hydrogen) atoms. The molecular formula is C9H10F3N3OS. The molecule has 0 aliphatic rings. The molecule has 0 fully saturated rings. The number of thioether (sulfide) groups is 1. The van der Waals surface area contributed by atoms with E-state index < -0.39 is 23.2 Å². The van der Waals surface area contributed by atoms with E-state index in [1.165, 1.54) is 18.3 Å². The lowest BCUT2D eigenvalue weighted by Gasteiger charge is -2.09. The van der Waals surface area contributed by atoms with Crippen molar-refractivity contribution in [3.05, 3.63) is 23.9 Å². The van der Waals surface area contributed by atoms with Gasteiger partial charge in [-0.05, 0) is 12.1 Å². The number of rotatable bonds is 4. The average Bonchev–Trinajstić information content (AvgIpc) is 2.24. The lowest BCUT2D eigenvalue weighted by molar-refractivity contribution is -0.0329. The molecule has 94 valence electrons. The number of amides is 1. The summed E-state index contributed by atoms with van der Waals surface area (Å²) in [7, 11) is 0. The maximum atomic E-state index is 12.2. The molecule has 0 saturated carbocycles. The predicted octanol–water partition coefficient (Wildman–Crippen LogP) is 1.38. The third kappa shape index (κ3) is 4.61. The van der Waals surface area contributed by atoms with Gasteiger partial charge in [-0.2, -0.15) is 13.2 Å². The number of pyridine rings is 1. The third-order valence-corrected chi connectivity index (χ3v) is 2.41. The second-order valence-corrected chi connectivity index (χ2v) is 4.00. The van der Waals surface area contributed by atoms with Crippen LogP contribution in [0.2, 0.25) is 0 Å². The molecule has 0 radical (unpaired) electrons. The molecule has 3 N–H and O–H groups in total. The van der Waals surface area contributed by atoms with Gasteiger partial charge in [-0.15, -0.1) is 0 Å². The summed E-state index contributed by atoms with van der Waals surface area (Å²) in [6.07, 6.45) is 1.20. The van der Waals surface area contributed by atoms with E-state index in [9.17, 15) is 18.0 Å². The van der Waals surface area contributed by atoms with Crippen molar-refractivity contribution in [3.63, 3.8) is 0 Å². The minimum atomic E-state index is -4.47. The predicted molar refractivity (Wildman–Crippen MR) is 57.5 cm³/mol. The molecule has 0 saturated heterocycles. The molecule has 1 aromatic heterocycles. The standard InChI is InChI=1S/C9H10F3N3OS/c10-9(11,12)17-8-6(2-1-4-15-8)7(16)14-5-3-13/h1-2,4H,3,5,13H2,(H,14,16). The maximum absolute atomic E-state index is 12.2. The van der Waals surface area contributed by atoms with Crippen LogP contribution in [0, 0.1) is 0 Å². The monoisotopic (exact) mass is 265 g/mol. The number of nitrogens with two attached hydrogens (primary N) is 1. The number of nitrogens with one attached hydrogen (secondary N) is 1. The summed E-state index contributed by atoms with van der Waals surface area (Å²) in [6, 6.07) is 2.69. The normalized spacial score (nSPS) is 11.3. The summed E-state index contributed by atoms with van der Waals surface area (Å²) in [6.45, 7) is 0.414. The van der Waals surface area contributed by atoms with Gasteiger partial charge in [0.25, 0.3) is 5.91 Å². The fraction of sp³-hybridized carbons (Fsp3) is 0.333. The fourth-order valence-corrected chi connectivity index (χ4v) is 1.64. The average molecular weight is 265 g/mol. The first-order valence-corrected chi connectivity index (χ1v) is 5.44. The lowest BCUT2D eigenvalue weighted by atomic mass is 10.2. The van der Waals surface area contributed by atoms with Gasteiger partial charge in [-0.3, -0.25) is 4.79 Å². The van der Waals surface area contributed by atoms with E-state index in [1.807, 2.05) is 0 Å². The molecule has 0 aliphatic carbocycles. The Kier molecular flexibility index (Phi) is 4.76. The van der Waals surface area contributed by atoms with Crippen LogP contribution in [0.15, 0.2) is 23.4 Å². The van der Waals surface area contributed by atoms with Crippen LogP contribution in [0.1, 0.15) is 10.4 Å². The summed E-state index contributed by atoms with van der Waals surface area (Å²) >= 11 is -0.414. The minimum absolute atomic E-state index is 0.108. The fourth-order valence-electron chi connectivity index (χ4n) is 1.04. The molecule has 0 aliphatic heterocycles. The Balaban J connectivity index is 2.88. The molecule has 1 rings (SSSR count). The van der Waals surface area contributed by atoms with Crippen LogP contribution < -0.4 is 11.1 Å². The molecular weight excluding hydrogens is 255 g/mol. The first-order valence-electron chi connectivity index (χ1n) is 4.63. The SMILES string of the molecule is NCCNC(=O)c1cccnc1SC(F)(F)F. The van der Waals surface area contributed by atoms with Gasteiger partial charge in [0.1, 0.15) is 5.03 Å². The Morgan fingerprint density at radius 1 is 1.53 bits per heavy atom. The number of aromatic nitrogens is 1. The molecule has 1 aromatic rings. The zero-order chi connectivity index (χ0) is 12.9. The van der Waals surface area contributed by atoms with Crippen molar-refractivity contribution in [1.82, 2.24) is 10.3 Å². The van der Waals surface area contributed by atoms with Crippen molar-refractivity contribution in [2.24, 2.45) is 5.73 Å². The summed E-state index contributed by atoms with van der Waals surface area (Å²) in [5.41, 5.74) is 0.596. The Bertz CT molecular complexity index is 397. The maximum Gasteiger partial charge on any atom is 0.447 e. The van der Waals surface area contributed by atoms with Crippen LogP contribution in [0.4, 0.5) is 13.2 Å². The van der Waals surface area contributed by atoms with Gasteiger partial charge < -0.3 is 11.1 Å². The van der Waals surface area contributed by atoms with Crippen molar-refractivity contribution in [1.29, 1.82) is 0 Å². The molecule has 1 heterocycles. The molecule has 8 heteroatoms. The Labute approximate surface area is 99.8 Å². The van der Waals surface area contributed by atoms with Crippen LogP contribution in [-0.4, -0.2) is 29.5 Å². The molecule has 0 unspecified atom stereocenters. The van der Waals surface area contributed by atoms with E-state index in [4.69, 9.17) is 5.73 Å². The van der Waals surface area contributed by atoms with Crippen LogP contribution in [-0.2, 0) is 0 Å². The lowest BCUT2D eigenvalue weighted by Crippen LogP contribution is -2.29. The number of halogens is 3. The molecule has 1 amide bonds. The summed E-state index contributed by atoms with van der Waals surface area (Å²) in [4.78, 5) is 15.1. The molecule has 0 aromatic carbocycles. The van der Waals surface area contributed by atoms with E-state index in [0.717, 1.165) is 0 Å². The highest BCUT2D eigenvalue weighted by Gasteiger charge is 2.32. The molecule has 0 spiro atoms. The number of carbonyl (C=O) groups is 1. The first-order chi connectivity index (χ1) is 7.94. The quantitative estimate of drug-likeness (QED) is 0.807. The number of alkyl halides is 3. The third-order valence-electron chi connectivity index (χ3n) is 1.66. The Morgan fingerprint density at radius 2 is 2.24 bits per heavy atom. The minimum Gasteiger partial charge on any atom is -0.351 e. The van der Waals surface area contributed by atoms with Crippen molar-refractivity contribution in [2.75, 3.05) is 13.1 Å². The Hall–Kier alpha value is -1.28. The second kappa shape index (κ2) is 5.87. The number of nitrogens with zero attached hydrogens (tertiary/aromatic N) is 1. The van der Waals surface area contributed by atoms with E-state index in [2.05, 4.69) is 10.3 Å². The van der Waals surface area contributed by atoms with Crippen LogP contribution in [0.5, 0.6) is 0 Å². The van der Waals surface area contributed by atoms with Gasteiger partial charge in [-0.25, -0.2) is 4.98 Å². The molecule has 0 atom stereocenters. The van der Waals surface area contributed by atoms with E-state index in [0.29, 0.717) is 0 Å². The zero-order valence-electron chi connectivity index (χ0n) is 8.62. The van der Waals surface area contributed by atoms with Crippen LogP contribution in [0.25, 0.3) is 0 Å². The molecule has 0 bridgehead atoms. The number of hydrogen-bond acceptors (Lipinski definition) is 4. The number of carbonyl (C=O) groups excluding carboxylic acids is 1. The topological polar surface area (TPSA) is 68.0 Å². The first kappa shape index (κ1) is 13.8. The van der Waals surface area contributed by atoms with Gasteiger partial charge in [0, 0.05) is 31.0 Å². The van der Waals surface area contributed by atoms with Crippen LogP contribution >= 0.6 is 11.8 Å².